The highest BCUT2D eigenvalue weighted by Gasteiger charge is 2.08. The van der Waals surface area contributed by atoms with Crippen LogP contribution in [0.2, 0.25) is 0 Å². The number of carbonyl (C=O) groups is 1. The number of ether oxygens (including phenoxy) is 1. The van der Waals surface area contributed by atoms with E-state index >= 15 is 0 Å². The van der Waals surface area contributed by atoms with Gasteiger partial charge in [0.1, 0.15) is 5.75 Å². The number of carbonyl (C=O) groups excluding carboxylic acids is 1. The van der Waals surface area contributed by atoms with E-state index < -0.39 is 5.97 Å². The summed E-state index contributed by atoms with van der Waals surface area (Å²) in [5, 5.41) is 9.32. The summed E-state index contributed by atoms with van der Waals surface area (Å²) in [5.74, 6) is -0.213. The third-order valence-electron chi connectivity index (χ3n) is 1.60. The standard InChI is InChI=1S/C9H10O3S/c1-12-9(11)6-3-4-7(10)8(5-6)13-2/h3-5,10H,1-2H3. The number of esters is 1. The summed E-state index contributed by atoms with van der Waals surface area (Å²) in [6, 6.07) is 4.62. The molecule has 1 rings (SSSR count). The molecule has 1 aromatic rings. The van der Waals surface area contributed by atoms with E-state index in [0.29, 0.717) is 10.5 Å². The molecule has 1 aromatic carbocycles. The molecule has 0 heterocycles. The Morgan fingerprint density at radius 1 is 1.54 bits per heavy atom. The van der Waals surface area contributed by atoms with Crippen molar-refractivity contribution < 1.29 is 14.6 Å². The molecule has 0 aromatic heterocycles. The molecule has 0 saturated carbocycles. The SMILES string of the molecule is COC(=O)c1ccc(O)c(SC)c1. The van der Waals surface area contributed by atoms with Crippen molar-refractivity contribution in [3.8, 4) is 5.75 Å². The molecule has 4 heteroatoms. The second-order valence-corrected chi connectivity index (χ2v) is 3.23. The van der Waals surface area contributed by atoms with E-state index in [9.17, 15) is 9.90 Å². The van der Waals surface area contributed by atoms with Crippen molar-refractivity contribution in [2.75, 3.05) is 13.4 Å². The van der Waals surface area contributed by atoms with Gasteiger partial charge in [0, 0.05) is 4.90 Å². The predicted octanol–water partition coefficient (Wildman–Crippen LogP) is 1.90. The Hall–Kier alpha value is -1.16. The third kappa shape index (κ3) is 2.15. The van der Waals surface area contributed by atoms with Crippen molar-refractivity contribution in [2.24, 2.45) is 0 Å². The van der Waals surface area contributed by atoms with Crippen molar-refractivity contribution in [3.05, 3.63) is 23.8 Å². The van der Waals surface area contributed by atoms with E-state index in [1.54, 1.807) is 6.07 Å². The molecule has 1 N–H and O–H groups in total. The van der Waals surface area contributed by atoms with Gasteiger partial charge in [-0.25, -0.2) is 4.79 Å². The van der Waals surface area contributed by atoms with Gasteiger partial charge in [0.15, 0.2) is 0 Å². The van der Waals surface area contributed by atoms with Gasteiger partial charge in [-0.15, -0.1) is 11.8 Å². The highest BCUT2D eigenvalue weighted by atomic mass is 32.2. The Balaban J connectivity index is 3.06. The van der Waals surface area contributed by atoms with E-state index in [1.165, 1.54) is 31.0 Å². The first kappa shape index (κ1) is 9.92. The highest BCUT2D eigenvalue weighted by Crippen LogP contribution is 2.27. The maximum Gasteiger partial charge on any atom is 0.337 e. The van der Waals surface area contributed by atoms with Crippen molar-refractivity contribution in [3.63, 3.8) is 0 Å². The smallest absolute Gasteiger partial charge is 0.337 e. The molecule has 3 nitrogen and oxygen atoms in total. The average Bonchev–Trinajstić information content (AvgIpc) is 2.17. The van der Waals surface area contributed by atoms with Gasteiger partial charge in [-0.3, -0.25) is 0 Å². The summed E-state index contributed by atoms with van der Waals surface area (Å²) in [7, 11) is 1.33. The molecule has 0 amide bonds. The molecule has 0 radical (unpaired) electrons. The Bertz CT molecular complexity index is 323. The minimum atomic E-state index is -0.393. The maximum atomic E-state index is 11.1. The highest BCUT2D eigenvalue weighted by molar-refractivity contribution is 7.98. The molecule has 0 atom stereocenters. The largest absolute Gasteiger partial charge is 0.507 e. The number of rotatable bonds is 2. The molecule has 0 aliphatic heterocycles. The van der Waals surface area contributed by atoms with E-state index in [-0.39, 0.29) is 5.75 Å². The first-order chi connectivity index (χ1) is 6.19. The lowest BCUT2D eigenvalue weighted by Gasteiger charge is -2.03. The fourth-order valence-corrected chi connectivity index (χ4v) is 1.44. The topological polar surface area (TPSA) is 46.5 Å². The molecule has 70 valence electrons. The van der Waals surface area contributed by atoms with Gasteiger partial charge in [0.2, 0.25) is 0 Å². The number of hydrogen-bond acceptors (Lipinski definition) is 4. The Morgan fingerprint density at radius 3 is 2.77 bits per heavy atom. The fourth-order valence-electron chi connectivity index (χ4n) is 0.922. The Kier molecular flexibility index (Phi) is 3.19. The van der Waals surface area contributed by atoms with Crippen molar-refractivity contribution in [2.45, 2.75) is 4.90 Å². The monoisotopic (exact) mass is 198 g/mol. The molecular weight excluding hydrogens is 188 g/mol. The molecule has 0 aliphatic carbocycles. The second-order valence-electron chi connectivity index (χ2n) is 2.38. The van der Waals surface area contributed by atoms with Gasteiger partial charge < -0.3 is 9.84 Å². The molecule has 0 fully saturated rings. The van der Waals surface area contributed by atoms with Crippen LogP contribution in [0.4, 0.5) is 0 Å². The van der Waals surface area contributed by atoms with E-state index in [4.69, 9.17) is 0 Å². The number of benzene rings is 1. The Labute approximate surface area is 80.7 Å². The number of hydrogen-bond donors (Lipinski definition) is 1. The van der Waals surface area contributed by atoms with Gasteiger partial charge in [-0.2, -0.15) is 0 Å². The van der Waals surface area contributed by atoms with Crippen LogP contribution in [-0.4, -0.2) is 24.4 Å². The number of methoxy groups -OCH3 is 1. The predicted molar refractivity (Wildman–Crippen MR) is 51.2 cm³/mol. The third-order valence-corrected chi connectivity index (χ3v) is 2.37. The minimum absolute atomic E-state index is 0.181. The summed E-state index contributed by atoms with van der Waals surface area (Å²) < 4.78 is 4.55. The van der Waals surface area contributed by atoms with E-state index in [0.717, 1.165) is 0 Å². The van der Waals surface area contributed by atoms with Crippen LogP contribution in [0.1, 0.15) is 10.4 Å². The summed E-state index contributed by atoms with van der Waals surface area (Å²) in [6.07, 6.45) is 1.83. The zero-order valence-corrected chi connectivity index (χ0v) is 8.22. The lowest BCUT2D eigenvalue weighted by atomic mass is 10.2. The average molecular weight is 198 g/mol. The maximum absolute atomic E-state index is 11.1. The number of thioether (sulfide) groups is 1. The number of phenols is 1. The normalized spacial score (nSPS) is 9.69. The van der Waals surface area contributed by atoms with Crippen LogP contribution >= 0.6 is 11.8 Å². The van der Waals surface area contributed by atoms with Gasteiger partial charge in [-0.05, 0) is 24.5 Å². The van der Waals surface area contributed by atoms with Crippen molar-refractivity contribution in [1.29, 1.82) is 0 Å². The van der Waals surface area contributed by atoms with E-state index in [2.05, 4.69) is 4.74 Å². The molecular formula is C9H10O3S. The van der Waals surface area contributed by atoms with Gasteiger partial charge >= 0.3 is 5.97 Å². The Morgan fingerprint density at radius 2 is 2.23 bits per heavy atom. The quantitative estimate of drug-likeness (QED) is 0.582. The molecule has 0 spiro atoms. The lowest BCUT2D eigenvalue weighted by molar-refractivity contribution is 0.0600. The zero-order valence-electron chi connectivity index (χ0n) is 7.40. The van der Waals surface area contributed by atoms with Crippen LogP contribution in [0, 0.1) is 0 Å². The summed E-state index contributed by atoms with van der Waals surface area (Å²) in [5.41, 5.74) is 0.449. The van der Waals surface area contributed by atoms with Crippen LogP contribution in [0.3, 0.4) is 0 Å². The van der Waals surface area contributed by atoms with Gasteiger partial charge in [-0.1, -0.05) is 0 Å². The van der Waals surface area contributed by atoms with Crippen LogP contribution in [0.25, 0.3) is 0 Å². The second kappa shape index (κ2) is 4.18. The van der Waals surface area contributed by atoms with Gasteiger partial charge in [0.05, 0.1) is 12.7 Å². The van der Waals surface area contributed by atoms with Gasteiger partial charge in [0.25, 0.3) is 0 Å². The number of aromatic hydroxyl groups is 1. The fraction of sp³-hybridized carbons (Fsp3) is 0.222. The van der Waals surface area contributed by atoms with Crippen LogP contribution in [0.5, 0.6) is 5.75 Å². The first-order valence-electron chi connectivity index (χ1n) is 3.64. The minimum Gasteiger partial charge on any atom is -0.507 e. The summed E-state index contributed by atoms with van der Waals surface area (Å²) in [6.45, 7) is 0. The summed E-state index contributed by atoms with van der Waals surface area (Å²) >= 11 is 1.38. The zero-order chi connectivity index (χ0) is 9.84. The van der Waals surface area contributed by atoms with Crippen LogP contribution in [0.15, 0.2) is 23.1 Å². The molecule has 13 heavy (non-hydrogen) atoms. The molecule has 0 aliphatic rings. The van der Waals surface area contributed by atoms with Crippen LogP contribution in [-0.2, 0) is 4.74 Å². The first-order valence-corrected chi connectivity index (χ1v) is 4.87. The molecule has 0 saturated heterocycles. The summed E-state index contributed by atoms with van der Waals surface area (Å²) in [4.78, 5) is 11.7. The molecule has 0 unspecified atom stereocenters. The van der Waals surface area contributed by atoms with Crippen LogP contribution < -0.4 is 0 Å². The van der Waals surface area contributed by atoms with Crippen molar-refractivity contribution in [1.82, 2.24) is 0 Å². The number of phenolic OH excluding ortho intramolecular Hbond substituents is 1. The lowest BCUT2D eigenvalue weighted by Crippen LogP contribution is -2.00. The van der Waals surface area contributed by atoms with E-state index in [1.807, 2.05) is 6.26 Å². The van der Waals surface area contributed by atoms with Crippen molar-refractivity contribution >= 4 is 17.7 Å². The molecule has 0 bridgehead atoms.